The second-order valence-corrected chi connectivity index (χ2v) is 6.20. The standard InChI is InChI=1S/C17H19F2N3O/c1-10(2)16-20-14-9-22(7-6-12(14)17(23)21-16)8-11-4-3-5-13(18)15(11)19/h3-5,10H,6-9H2,1-2H3,(H,20,21,23). The fourth-order valence-electron chi connectivity index (χ4n) is 2.83. The lowest BCUT2D eigenvalue weighted by Gasteiger charge is -2.28. The van der Waals surface area contributed by atoms with E-state index in [1.807, 2.05) is 18.7 Å². The summed E-state index contributed by atoms with van der Waals surface area (Å²) in [6.07, 6.45) is 0.562. The summed E-state index contributed by atoms with van der Waals surface area (Å²) < 4.78 is 27.1. The number of halogens is 2. The lowest BCUT2D eigenvalue weighted by Crippen LogP contribution is -2.35. The lowest BCUT2D eigenvalue weighted by molar-refractivity contribution is 0.235. The Kier molecular flexibility index (Phi) is 4.26. The van der Waals surface area contributed by atoms with Crippen LogP contribution in [0.15, 0.2) is 23.0 Å². The molecule has 3 rings (SSSR count). The molecule has 23 heavy (non-hydrogen) atoms. The SMILES string of the molecule is CC(C)c1nc2c(c(=O)[nH]1)CCN(Cc1cccc(F)c1F)C2. The Labute approximate surface area is 133 Å². The molecular formula is C17H19F2N3O. The largest absolute Gasteiger partial charge is 0.310 e. The van der Waals surface area contributed by atoms with Crippen LogP contribution in [-0.2, 0) is 19.5 Å². The average molecular weight is 319 g/mol. The van der Waals surface area contributed by atoms with E-state index < -0.39 is 11.6 Å². The van der Waals surface area contributed by atoms with E-state index in [9.17, 15) is 13.6 Å². The first-order valence-electron chi connectivity index (χ1n) is 7.73. The summed E-state index contributed by atoms with van der Waals surface area (Å²) in [6, 6.07) is 4.20. The van der Waals surface area contributed by atoms with Crippen LogP contribution in [0.5, 0.6) is 0 Å². The van der Waals surface area contributed by atoms with E-state index in [1.54, 1.807) is 6.07 Å². The van der Waals surface area contributed by atoms with Crippen molar-refractivity contribution in [1.29, 1.82) is 0 Å². The van der Waals surface area contributed by atoms with Crippen molar-refractivity contribution >= 4 is 0 Å². The van der Waals surface area contributed by atoms with Gasteiger partial charge >= 0.3 is 0 Å². The van der Waals surface area contributed by atoms with Crippen LogP contribution in [0.1, 0.15) is 42.4 Å². The zero-order chi connectivity index (χ0) is 16.6. The van der Waals surface area contributed by atoms with E-state index in [1.165, 1.54) is 6.07 Å². The maximum atomic E-state index is 13.8. The fourth-order valence-corrected chi connectivity index (χ4v) is 2.83. The van der Waals surface area contributed by atoms with Crippen LogP contribution in [0.4, 0.5) is 8.78 Å². The van der Waals surface area contributed by atoms with Crippen LogP contribution in [-0.4, -0.2) is 21.4 Å². The Hall–Kier alpha value is -2.08. The molecule has 1 N–H and O–H groups in total. The number of hydrogen-bond acceptors (Lipinski definition) is 3. The van der Waals surface area contributed by atoms with Crippen LogP contribution in [0.3, 0.4) is 0 Å². The van der Waals surface area contributed by atoms with Crippen molar-refractivity contribution in [3.05, 3.63) is 62.8 Å². The number of hydrogen-bond donors (Lipinski definition) is 1. The van der Waals surface area contributed by atoms with Crippen molar-refractivity contribution in [2.24, 2.45) is 0 Å². The first-order valence-corrected chi connectivity index (χ1v) is 7.73. The summed E-state index contributed by atoms with van der Waals surface area (Å²) in [5, 5.41) is 0. The quantitative estimate of drug-likeness (QED) is 0.946. The molecule has 0 spiro atoms. The minimum atomic E-state index is -0.837. The van der Waals surface area contributed by atoms with Crippen LogP contribution in [0.25, 0.3) is 0 Å². The van der Waals surface area contributed by atoms with Gasteiger partial charge in [-0.15, -0.1) is 0 Å². The van der Waals surface area contributed by atoms with Gasteiger partial charge in [0.25, 0.3) is 5.56 Å². The molecule has 2 heterocycles. The van der Waals surface area contributed by atoms with Gasteiger partial charge < -0.3 is 4.98 Å². The average Bonchev–Trinajstić information content (AvgIpc) is 2.51. The molecule has 2 aromatic rings. The Morgan fingerprint density at radius 2 is 2.13 bits per heavy atom. The summed E-state index contributed by atoms with van der Waals surface area (Å²) in [5.41, 5.74) is 1.67. The number of nitrogens with zero attached hydrogens (tertiary/aromatic N) is 2. The molecule has 4 nitrogen and oxygen atoms in total. The Morgan fingerprint density at radius 3 is 2.87 bits per heavy atom. The van der Waals surface area contributed by atoms with Crippen LogP contribution in [0, 0.1) is 11.6 Å². The van der Waals surface area contributed by atoms with E-state index >= 15 is 0 Å². The zero-order valence-corrected chi connectivity index (χ0v) is 13.2. The third-order valence-electron chi connectivity index (χ3n) is 4.14. The van der Waals surface area contributed by atoms with Gasteiger partial charge in [0.2, 0.25) is 0 Å². The summed E-state index contributed by atoms with van der Waals surface area (Å²) in [7, 11) is 0. The zero-order valence-electron chi connectivity index (χ0n) is 13.2. The molecule has 1 aromatic heterocycles. The van der Waals surface area contributed by atoms with Crippen molar-refractivity contribution in [3.63, 3.8) is 0 Å². The topological polar surface area (TPSA) is 49.0 Å². The smallest absolute Gasteiger partial charge is 0.254 e. The first-order chi connectivity index (χ1) is 11.0. The van der Waals surface area contributed by atoms with Gasteiger partial charge in [-0.05, 0) is 12.5 Å². The summed E-state index contributed by atoms with van der Waals surface area (Å²) in [6.45, 7) is 5.32. The number of benzene rings is 1. The third kappa shape index (κ3) is 3.17. The van der Waals surface area contributed by atoms with Crippen LogP contribution in [0.2, 0.25) is 0 Å². The van der Waals surface area contributed by atoms with Gasteiger partial charge in [-0.1, -0.05) is 26.0 Å². The number of H-pyrrole nitrogens is 1. The Bertz CT molecular complexity index is 786. The maximum absolute atomic E-state index is 13.8. The Morgan fingerprint density at radius 1 is 1.35 bits per heavy atom. The van der Waals surface area contributed by atoms with Crippen molar-refractivity contribution < 1.29 is 8.78 Å². The number of fused-ring (bicyclic) bond motifs is 1. The van der Waals surface area contributed by atoms with Crippen molar-refractivity contribution in [2.45, 2.75) is 39.3 Å². The molecule has 122 valence electrons. The van der Waals surface area contributed by atoms with E-state index in [0.717, 1.165) is 11.8 Å². The molecule has 0 radical (unpaired) electrons. The van der Waals surface area contributed by atoms with Gasteiger partial charge in [0.1, 0.15) is 5.82 Å². The molecule has 0 fully saturated rings. The molecule has 0 saturated heterocycles. The second-order valence-electron chi connectivity index (χ2n) is 6.20. The van der Waals surface area contributed by atoms with Gasteiger partial charge in [-0.2, -0.15) is 0 Å². The highest BCUT2D eigenvalue weighted by molar-refractivity contribution is 5.23. The predicted molar refractivity (Wildman–Crippen MR) is 83.1 cm³/mol. The number of aromatic amines is 1. The molecule has 0 unspecified atom stereocenters. The molecule has 1 aliphatic rings. The van der Waals surface area contributed by atoms with E-state index in [4.69, 9.17) is 0 Å². The summed E-state index contributed by atoms with van der Waals surface area (Å²) in [4.78, 5) is 21.5. The van der Waals surface area contributed by atoms with Crippen LogP contribution < -0.4 is 5.56 Å². The van der Waals surface area contributed by atoms with Crippen molar-refractivity contribution in [1.82, 2.24) is 14.9 Å². The number of nitrogens with one attached hydrogen (secondary N) is 1. The van der Waals surface area contributed by atoms with Crippen molar-refractivity contribution in [3.8, 4) is 0 Å². The van der Waals surface area contributed by atoms with E-state index in [0.29, 0.717) is 43.0 Å². The summed E-state index contributed by atoms with van der Waals surface area (Å²) in [5.74, 6) is -0.854. The summed E-state index contributed by atoms with van der Waals surface area (Å²) >= 11 is 0. The molecule has 0 saturated carbocycles. The maximum Gasteiger partial charge on any atom is 0.254 e. The van der Waals surface area contributed by atoms with E-state index in [-0.39, 0.29) is 11.5 Å². The normalized spacial score (nSPS) is 15.0. The minimum absolute atomic E-state index is 0.0877. The molecule has 0 bridgehead atoms. The predicted octanol–water partition coefficient (Wildman–Crippen LogP) is 2.73. The molecule has 0 amide bonds. The first kappa shape index (κ1) is 15.8. The van der Waals surface area contributed by atoms with E-state index in [2.05, 4.69) is 9.97 Å². The molecule has 0 atom stereocenters. The van der Waals surface area contributed by atoms with Gasteiger partial charge in [-0.25, -0.2) is 13.8 Å². The monoisotopic (exact) mass is 319 g/mol. The van der Waals surface area contributed by atoms with Crippen LogP contribution >= 0.6 is 0 Å². The molecule has 6 heteroatoms. The highest BCUT2D eigenvalue weighted by atomic mass is 19.2. The minimum Gasteiger partial charge on any atom is -0.310 e. The molecule has 1 aliphatic heterocycles. The number of rotatable bonds is 3. The lowest BCUT2D eigenvalue weighted by atomic mass is 10.0. The second kappa shape index (κ2) is 6.20. The Balaban J connectivity index is 1.85. The highest BCUT2D eigenvalue weighted by Crippen LogP contribution is 2.20. The van der Waals surface area contributed by atoms with Crippen molar-refractivity contribution in [2.75, 3.05) is 6.54 Å². The molecule has 0 aliphatic carbocycles. The van der Waals surface area contributed by atoms with Gasteiger partial charge in [0.15, 0.2) is 11.6 Å². The molecular weight excluding hydrogens is 300 g/mol. The number of aromatic nitrogens is 2. The highest BCUT2D eigenvalue weighted by Gasteiger charge is 2.22. The third-order valence-corrected chi connectivity index (χ3v) is 4.14. The molecule has 1 aromatic carbocycles. The van der Waals surface area contributed by atoms with Gasteiger partial charge in [0, 0.05) is 36.7 Å². The van der Waals surface area contributed by atoms with Gasteiger partial charge in [-0.3, -0.25) is 9.69 Å². The van der Waals surface area contributed by atoms with Gasteiger partial charge in [0.05, 0.1) is 5.69 Å². The fraction of sp³-hybridized carbons (Fsp3) is 0.412.